The first-order valence-corrected chi connectivity index (χ1v) is 6.76. The highest BCUT2D eigenvalue weighted by molar-refractivity contribution is 7.71. The molecule has 0 saturated heterocycles. The molecular formula is C13H16N4S. The Morgan fingerprint density at radius 3 is 2.94 bits per heavy atom. The minimum absolute atomic E-state index is 0.452. The molecule has 2 atom stereocenters. The van der Waals surface area contributed by atoms with Gasteiger partial charge in [0.2, 0.25) is 0 Å². The van der Waals surface area contributed by atoms with Crippen LogP contribution in [0.3, 0.4) is 0 Å². The van der Waals surface area contributed by atoms with Crippen molar-refractivity contribution in [1.29, 1.82) is 0 Å². The zero-order valence-electron chi connectivity index (χ0n) is 10.3. The number of aromatic nitrogens is 4. The van der Waals surface area contributed by atoms with Crippen molar-refractivity contribution in [3.63, 3.8) is 0 Å². The summed E-state index contributed by atoms with van der Waals surface area (Å²) in [7, 11) is 0. The van der Waals surface area contributed by atoms with Crippen molar-refractivity contribution in [3.05, 3.63) is 29.2 Å². The summed E-state index contributed by atoms with van der Waals surface area (Å²) in [4.78, 5) is 4.37. The molecule has 4 nitrogen and oxygen atoms in total. The number of H-pyrrole nitrogens is 1. The second-order valence-corrected chi connectivity index (χ2v) is 5.30. The molecule has 2 aromatic heterocycles. The number of rotatable bonds is 2. The van der Waals surface area contributed by atoms with E-state index in [1.165, 1.54) is 19.3 Å². The minimum atomic E-state index is 0.452. The van der Waals surface area contributed by atoms with Gasteiger partial charge < -0.3 is 0 Å². The first-order chi connectivity index (χ1) is 8.77. The minimum Gasteiger partial charge on any atom is -0.295 e. The third-order valence-corrected chi connectivity index (χ3v) is 4.03. The van der Waals surface area contributed by atoms with Crippen LogP contribution < -0.4 is 0 Å². The Morgan fingerprint density at radius 2 is 2.28 bits per heavy atom. The Balaban J connectivity index is 2.10. The molecule has 0 bridgehead atoms. The lowest BCUT2D eigenvalue weighted by Crippen LogP contribution is -2.13. The van der Waals surface area contributed by atoms with Crippen LogP contribution in [-0.4, -0.2) is 19.7 Å². The SMILES string of the molecule is CC1CCCC1n1c(-c2ccccn2)n[nH]c1=S. The number of nitrogens with one attached hydrogen (secondary N) is 1. The summed E-state index contributed by atoms with van der Waals surface area (Å²) < 4.78 is 2.85. The molecule has 1 aliphatic carbocycles. The fraction of sp³-hybridized carbons (Fsp3) is 0.462. The maximum Gasteiger partial charge on any atom is 0.195 e. The van der Waals surface area contributed by atoms with E-state index >= 15 is 0 Å². The van der Waals surface area contributed by atoms with E-state index in [2.05, 4.69) is 26.7 Å². The van der Waals surface area contributed by atoms with Gasteiger partial charge in [0.25, 0.3) is 0 Å². The largest absolute Gasteiger partial charge is 0.295 e. The second kappa shape index (κ2) is 4.65. The molecule has 94 valence electrons. The molecule has 2 aromatic rings. The molecular weight excluding hydrogens is 244 g/mol. The molecule has 5 heteroatoms. The van der Waals surface area contributed by atoms with Gasteiger partial charge in [-0.2, -0.15) is 5.10 Å². The lowest BCUT2D eigenvalue weighted by molar-refractivity contribution is 0.406. The van der Waals surface area contributed by atoms with Crippen LogP contribution in [0, 0.1) is 10.7 Å². The maximum atomic E-state index is 5.38. The van der Waals surface area contributed by atoms with Gasteiger partial charge in [0.05, 0.1) is 0 Å². The van der Waals surface area contributed by atoms with Crippen molar-refractivity contribution in [2.45, 2.75) is 32.2 Å². The highest BCUT2D eigenvalue weighted by Gasteiger charge is 2.28. The van der Waals surface area contributed by atoms with E-state index in [4.69, 9.17) is 12.2 Å². The molecule has 0 spiro atoms. The molecule has 1 saturated carbocycles. The molecule has 0 amide bonds. The third kappa shape index (κ3) is 1.88. The highest BCUT2D eigenvalue weighted by atomic mass is 32.1. The molecule has 0 radical (unpaired) electrons. The average molecular weight is 260 g/mol. The van der Waals surface area contributed by atoms with Crippen LogP contribution in [0.2, 0.25) is 0 Å². The Kier molecular flexibility index (Phi) is 2.99. The molecule has 2 heterocycles. The predicted octanol–water partition coefficient (Wildman–Crippen LogP) is 3.36. The van der Waals surface area contributed by atoms with E-state index in [1.807, 2.05) is 18.2 Å². The van der Waals surface area contributed by atoms with Crippen LogP contribution in [-0.2, 0) is 0 Å². The smallest absolute Gasteiger partial charge is 0.195 e. The summed E-state index contributed by atoms with van der Waals surface area (Å²) in [5.74, 6) is 1.51. The van der Waals surface area contributed by atoms with Gasteiger partial charge in [0.15, 0.2) is 10.6 Å². The van der Waals surface area contributed by atoms with Crippen LogP contribution >= 0.6 is 12.2 Å². The Morgan fingerprint density at radius 1 is 1.39 bits per heavy atom. The quantitative estimate of drug-likeness (QED) is 0.842. The summed E-state index contributed by atoms with van der Waals surface area (Å²) >= 11 is 5.38. The van der Waals surface area contributed by atoms with Crippen LogP contribution in [0.5, 0.6) is 0 Å². The van der Waals surface area contributed by atoms with Crippen molar-refractivity contribution in [1.82, 2.24) is 19.7 Å². The molecule has 1 N–H and O–H groups in total. The molecule has 2 unspecified atom stereocenters. The van der Waals surface area contributed by atoms with Crippen LogP contribution in [0.1, 0.15) is 32.2 Å². The van der Waals surface area contributed by atoms with Gasteiger partial charge in [-0.3, -0.25) is 14.6 Å². The van der Waals surface area contributed by atoms with Gasteiger partial charge in [-0.25, -0.2) is 0 Å². The Bertz CT molecular complexity index is 587. The van der Waals surface area contributed by atoms with Crippen LogP contribution in [0.15, 0.2) is 24.4 Å². The van der Waals surface area contributed by atoms with E-state index in [-0.39, 0.29) is 0 Å². The summed E-state index contributed by atoms with van der Waals surface area (Å²) in [5, 5.41) is 7.26. The van der Waals surface area contributed by atoms with Gasteiger partial charge in [0, 0.05) is 12.2 Å². The highest BCUT2D eigenvalue weighted by Crippen LogP contribution is 2.37. The fourth-order valence-electron chi connectivity index (χ4n) is 2.80. The van der Waals surface area contributed by atoms with Crippen molar-refractivity contribution in [3.8, 4) is 11.5 Å². The fourth-order valence-corrected chi connectivity index (χ4v) is 3.07. The Hall–Kier alpha value is -1.49. The second-order valence-electron chi connectivity index (χ2n) is 4.91. The molecule has 3 rings (SSSR count). The van der Waals surface area contributed by atoms with Crippen molar-refractivity contribution < 1.29 is 0 Å². The normalized spacial score (nSPS) is 23.4. The van der Waals surface area contributed by atoms with Gasteiger partial charge in [-0.15, -0.1) is 0 Å². The number of nitrogens with zero attached hydrogens (tertiary/aromatic N) is 3. The summed E-state index contributed by atoms with van der Waals surface area (Å²) in [6.45, 7) is 2.29. The lowest BCUT2D eigenvalue weighted by atomic mass is 10.1. The third-order valence-electron chi connectivity index (χ3n) is 3.75. The van der Waals surface area contributed by atoms with Gasteiger partial charge >= 0.3 is 0 Å². The molecule has 1 aliphatic rings. The first-order valence-electron chi connectivity index (χ1n) is 6.35. The van der Waals surface area contributed by atoms with Crippen LogP contribution in [0.25, 0.3) is 11.5 Å². The summed E-state index contributed by atoms with van der Waals surface area (Å²) in [6, 6.07) is 6.31. The zero-order chi connectivity index (χ0) is 12.5. The molecule has 0 aliphatic heterocycles. The standard InChI is InChI=1S/C13H16N4S/c1-9-5-4-7-11(9)17-12(15-16-13(17)18)10-6-2-3-8-14-10/h2-3,6,8-9,11H,4-5,7H2,1H3,(H,16,18). The predicted molar refractivity (Wildman–Crippen MR) is 72.7 cm³/mol. The van der Waals surface area contributed by atoms with E-state index < -0.39 is 0 Å². The maximum absolute atomic E-state index is 5.38. The first kappa shape index (κ1) is 11.6. The zero-order valence-corrected chi connectivity index (χ0v) is 11.2. The summed E-state index contributed by atoms with van der Waals surface area (Å²) in [5.41, 5.74) is 0.879. The molecule has 18 heavy (non-hydrogen) atoms. The van der Waals surface area contributed by atoms with E-state index in [0.29, 0.717) is 16.7 Å². The summed E-state index contributed by atoms with van der Waals surface area (Å²) in [6.07, 6.45) is 5.49. The average Bonchev–Trinajstić information content (AvgIpc) is 2.96. The Labute approximate surface area is 111 Å². The van der Waals surface area contributed by atoms with Gasteiger partial charge in [0.1, 0.15) is 5.69 Å². The topological polar surface area (TPSA) is 46.5 Å². The van der Waals surface area contributed by atoms with Gasteiger partial charge in [-0.05, 0) is 43.1 Å². The monoisotopic (exact) mass is 260 g/mol. The number of aromatic amines is 1. The number of hydrogen-bond acceptors (Lipinski definition) is 3. The van der Waals surface area contributed by atoms with Gasteiger partial charge in [-0.1, -0.05) is 19.4 Å². The van der Waals surface area contributed by atoms with Crippen molar-refractivity contribution >= 4 is 12.2 Å². The van der Waals surface area contributed by atoms with E-state index in [0.717, 1.165) is 11.5 Å². The molecule has 1 fully saturated rings. The van der Waals surface area contributed by atoms with Crippen molar-refractivity contribution in [2.75, 3.05) is 0 Å². The van der Waals surface area contributed by atoms with Crippen molar-refractivity contribution in [2.24, 2.45) is 5.92 Å². The van der Waals surface area contributed by atoms with Crippen LogP contribution in [0.4, 0.5) is 0 Å². The number of pyridine rings is 1. The lowest BCUT2D eigenvalue weighted by Gasteiger charge is -2.18. The van der Waals surface area contributed by atoms with E-state index in [1.54, 1.807) is 6.20 Å². The van der Waals surface area contributed by atoms with E-state index in [9.17, 15) is 0 Å². The molecule has 0 aromatic carbocycles. The number of hydrogen-bond donors (Lipinski definition) is 1.